The summed E-state index contributed by atoms with van der Waals surface area (Å²) in [5.74, 6) is -0.134. The molecule has 0 aliphatic heterocycles. The van der Waals surface area contributed by atoms with Crippen molar-refractivity contribution in [3.63, 3.8) is 0 Å². The van der Waals surface area contributed by atoms with Crippen molar-refractivity contribution in [2.45, 2.75) is 45.6 Å². The van der Waals surface area contributed by atoms with E-state index in [0.29, 0.717) is 5.56 Å². The lowest BCUT2D eigenvalue weighted by Gasteiger charge is -2.25. The second-order valence-corrected chi connectivity index (χ2v) is 4.73. The molecule has 0 heterocycles. The first kappa shape index (κ1) is 16.5. The Kier molecular flexibility index (Phi) is 6.01. The zero-order chi connectivity index (χ0) is 15.3. The van der Waals surface area contributed by atoms with Crippen LogP contribution < -0.4 is 5.32 Å². The first-order valence-corrected chi connectivity index (χ1v) is 6.72. The number of rotatable bonds is 7. The van der Waals surface area contributed by atoms with E-state index in [4.69, 9.17) is 0 Å². The van der Waals surface area contributed by atoms with Crippen LogP contribution in [0, 0.1) is 10.1 Å². The quantitative estimate of drug-likeness (QED) is 0.608. The van der Waals surface area contributed by atoms with Gasteiger partial charge in [-0.25, -0.2) is 8.78 Å². The number of hydrogen-bond donors (Lipinski definition) is 1. The number of nitro benzene ring substituents is 1. The summed E-state index contributed by atoms with van der Waals surface area (Å²) in [6.07, 6.45) is -1.92. The maximum atomic E-state index is 13.1. The minimum absolute atomic E-state index is 0.0685. The molecule has 0 saturated carbocycles. The van der Waals surface area contributed by atoms with E-state index in [0.717, 1.165) is 19.0 Å². The summed E-state index contributed by atoms with van der Waals surface area (Å²) in [5, 5.41) is 14.0. The molecule has 2 atom stereocenters. The maximum Gasteiger partial charge on any atom is 0.269 e. The van der Waals surface area contributed by atoms with Crippen molar-refractivity contribution in [2.24, 2.45) is 0 Å². The third-order valence-electron chi connectivity index (χ3n) is 3.52. The molecule has 0 saturated heterocycles. The number of alkyl halides is 2. The molecule has 1 rings (SSSR count). The van der Waals surface area contributed by atoms with E-state index in [9.17, 15) is 18.9 Å². The number of nitrogens with one attached hydrogen (secondary N) is 1. The molecule has 6 heteroatoms. The van der Waals surface area contributed by atoms with Gasteiger partial charge < -0.3 is 5.32 Å². The lowest BCUT2D eigenvalue weighted by molar-refractivity contribution is -0.385. The standard InChI is InChI=1S/C14H20F2N2O2/c1-4-13(17-5-2)9(3)11-7-6-10(18(19)20)8-12(11)14(15)16/h6-9,13-14,17H,4-5H2,1-3H3. The van der Waals surface area contributed by atoms with Crippen LogP contribution >= 0.6 is 0 Å². The average Bonchev–Trinajstić information content (AvgIpc) is 2.43. The van der Waals surface area contributed by atoms with Gasteiger partial charge in [-0.3, -0.25) is 10.1 Å². The summed E-state index contributed by atoms with van der Waals surface area (Å²) in [6, 6.07) is 3.79. The molecule has 0 fully saturated rings. The Hall–Kier alpha value is -1.56. The molecule has 0 aromatic heterocycles. The Bertz CT molecular complexity index is 466. The summed E-state index contributed by atoms with van der Waals surface area (Å²) >= 11 is 0. The SMILES string of the molecule is CCNC(CC)C(C)c1ccc([N+](=O)[O-])cc1C(F)F. The van der Waals surface area contributed by atoms with Crippen LogP contribution in [0.15, 0.2) is 18.2 Å². The van der Waals surface area contributed by atoms with Crippen molar-refractivity contribution >= 4 is 5.69 Å². The highest BCUT2D eigenvalue weighted by Gasteiger charge is 2.24. The highest BCUT2D eigenvalue weighted by atomic mass is 19.3. The van der Waals surface area contributed by atoms with Crippen LogP contribution in [0.5, 0.6) is 0 Å². The van der Waals surface area contributed by atoms with E-state index in [1.807, 2.05) is 20.8 Å². The van der Waals surface area contributed by atoms with Crippen molar-refractivity contribution in [1.29, 1.82) is 0 Å². The van der Waals surface area contributed by atoms with Gasteiger partial charge in [0, 0.05) is 23.7 Å². The molecule has 1 aromatic rings. The van der Waals surface area contributed by atoms with E-state index in [-0.39, 0.29) is 23.2 Å². The third kappa shape index (κ3) is 3.72. The molecule has 0 radical (unpaired) electrons. The maximum absolute atomic E-state index is 13.1. The Morgan fingerprint density at radius 2 is 1.95 bits per heavy atom. The molecule has 1 aromatic carbocycles. The predicted molar refractivity (Wildman–Crippen MR) is 74.2 cm³/mol. The molecule has 0 aliphatic rings. The molecule has 0 spiro atoms. The molecule has 20 heavy (non-hydrogen) atoms. The number of likely N-dealkylation sites (N-methyl/N-ethyl adjacent to an activating group) is 1. The van der Waals surface area contributed by atoms with Gasteiger partial charge in [0.2, 0.25) is 0 Å². The number of halogens is 2. The van der Waals surface area contributed by atoms with Crippen molar-refractivity contribution in [2.75, 3.05) is 6.54 Å². The fraction of sp³-hybridized carbons (Fsp3) is 0.571. The van der Waals surface area contributed by atoms with Crippen LogP contribution in [-0.2, 0) is 0 Å². The number of hydrogen-bond acceptors (Lipinski definition) is 3. The van der Waals surface area contributed by atoms with Crippen molar-refractivity contribution in [3.8, 4) is 0 Å². The zero-order valence-electron chi connectivity index (χ0n) is 11.9. The van der Waals surface area contributed by atoms with E-state index in [1.165, 1.54) is 12.1 Å². The molecule has 1 N–H and O–H groups in total. The number of benzene rings is 1. The first-order valence-electron chi connectivity index (χ1n) is 6.72. The van der Waals surface area contributed by atoms with Crippen molar-refractivity contribution in [3.05, 3.63) is 39.4 Å². The molecule has 0 aliphatic carbocycles. The predicted octanol–water partition coefficient (Wildman–Crippen LogP) is 4.02. The van der Waals surface area contributed by atoms with E-state index in [1.54, 1.807) is 0 Å². The molecule has 0 bridgehead atoms. The smallest absolute Gasteiger partial charge is 0.269 e. The second kappa shape index (κ2) is 7.28. The van der Waals surface area contributed by atoms with Gasteiger partial charge in [-0.15, -0.1) is 0 Å². The van der Waals surface area contributed by atoms with E-state index < -0.39 is 11.3 Å². The lowest BCUT2D eigenvalue weighted by atomic mass is 9.88. The average molecular weight is 286 g/mol. The first-order chi connectivity index (χ1) is 9.42. The fourth-order valence-electron chi connectivity index (χ4n) is 2.43. The lowest BCUT2D eigenvalue weighted by Crippen LogP contribution is -2.33. The minimum Gasteiger partial charge on any atom is -0.314 e. The summed E-state index contributed by atoms with van der Waals surface area (Å²) in [6.45, 7) is 6.56. The van der Waals surface area contributed by atoms with Gasteiger partial charge >= 0.3 is 0 Å². The van der Waals surface area contributed by atoms with Gasteiger partial charge in [-0.1, -0.05) is 26.8 Å². The van der Waals surface area contributed by atoms with E-state index in [2.05, 4.69) is 5.32 Å². The number of non-ortho nitro benzene ring substituents is 1. The second-order valence-electron chi connectivity index (χ2n) is 4.73. The monoisotopic (exact) mass is 286 g/mol. The van der Waals surface area contributed by atoms with Gasteiger partial charge in [-0.05, 0) is 24.4 Å². The van der Waals surface area contributed by atoms with Crippen LogP contribution in [0.1, 0.15) is 50.7 Å². The minimum atomic E-state index is -2.72. The van der Waals surface area contributed by atoms with Crippen LogP contribution in [0.4, 0.5) is 14.5 Å². The third-order valence-corrected chi connectivity index (χ3v) is 3.52. The molecule has 112 valence electrons. The Labute approximate surface area is 117 Å². The normalized spacial score (nSPS) is 14.3. The highest BCUT2D eigenvalue weighted by molar-refractivity contribution is 5.42. The summed E-state index contributed by atoms with van der Waals surface area (Å²) < 4.78 is 26.3. The molecular formula is C14H20F2N2O2. The van der Waals surface area contributed by atoms with Crippen LogP contribution in [0.3, 0.4) is 0 Å². The fourth-order valence-corrected chi connectivity index (χ4v) is 2.43. The Balaban J connectivity index is 3.19. The zero-order valence-corrected chi connectivity index (χ0v) is 11.9. The van der Waals surface area contributed by atoms with E-state index >= 15 is 0 Å². The summed E-state index contributed by atoms with van der Waals surface area (Å²) in [7, 11) is 0. The van der Waals surface area contributed by atoms with Gasteiger partial charge in [0.25, 0.3) is 12.1 Å². The highest BCUT2D eigenvalue weighted by Crippen LogP contribution is 2.33. The van der Waals surface area contributed by atoms with Crippen LogP contribution in [0.25, 0.3) is 0 Å². The van der Waals surface area contributed by atoms with Gasteiger partial charge in [-0.2, -0.15) is 0 Å². The summed E-state index contributed by atoms with van der Waals surface area (Å²) in [5.41, 5.74) is -0.0748. The van der Waals surface area contributed by atoms with Crippen LogP contribution in [0.2, 0.25) is 0 Å². The Morgan fingerprint density at radius 3 is 2.40 bits per heavy atom. The topological polar surface area (TPSA) is 55.2 Å². The van der Waals surface area contributed by atoms with Crippen LogP contribution in [-0.4, -0.2) is 17.5 Å². The van der Waals surface area contributed by atoms with Gasteiger partial charge in [0.15, 0.2) is 0 Å². The molecular weight excluding hydrogens is 266 g/mol. The number of nitro groups is 1. The molecule has 4 nitrogen and oxygen atoms in total. The van der Waals surface area contributed by atoms with Gasteiger partial charge in [0.05, 0.1) is 4.92 Å². The molecule has 0 amide bonds. The van der Waals surface area contributed by atoms with Crippen molar-refractivity contribution < 1.29 is 13.7 Å². The number of nitrogens with zero attached hydrogens (tertiary/aromatic N) is 1. The Morgan fingerprint density at radius 1 is 1.30 bits per heavy atom. The largest absolute Gasteiger partial charge is 0.314 e. The summed E-state index contributed by atoms with van der Waals surface area (Å²) in [4.78, 5) is 10.0. The molecule has 2 unspecified atom stereocenters. The van der Waals surface area contributed by atoms with Gasteiger partial charge in [0.1, 0.15) is 0 Å². The van der Waals surface area contributed by atoms with Crippen molar-refractivity contribution in [1.82, 2.24) is 5.32 Å².